The minimum Gasteiger partial charge on any atom is -0.323 e. The number of carbonyl (C=O) groups is 1. The van der Waals surface area contributed by atoms with Gasteiger partial charge in [-0.3, -0.25) is 9.78 Å². The predicted octanol–water partition coefficient (Wildman–Crippen LogP) is 2.60. The average molecular weight is 276 g/mol. The van der Waals surface area contributed by atoms with Crippen molar-refractivity contribution in [1.29, 1.82) is 0 Å². The van der Waals surface area contributed by atoms with Crippen molar-refractivity contribution in [2.45, 2.75) is 0 Å². The Labute approximate surface area is 116 Å². The fourth-order valence-electron chi connectivity index (χ4n) is 1.73. The van der Waals surface area contributed by atoms with Crippen LogP contribution in [0.3, 0.4) is 0 Å². The smallest absolute Gasteiger partial charge is 0.238 e. The SMILES string of the molecule is C=CCNCC(=O)Nc1cc(Cl)cc2cccnc12. The number of pyridine rings is 1. The molecule has 0 bridgehead atoms. The minimum absolute atomic E-state index is 0.143. The summed E-state index contributed by atoms with van der Waals surface area (Å²) in [6.45, 7) is 4.37. The lowest BCUT2D eigenvalue weighted by Gasteiger charge is -2.09. The van der Waals surface area contributed by atoms with E-state index in [4.69, 9.17) is 11.6 Å². The molecule has 0 atom stereocenters. The van der Waals surface area contributed by atoms with Crippen LogP contribution >= 0.6 is 11.6 Å². The van der Waals surface area contributed by atoms with Gasteiger partial charge >= 0.3 is 0 Å². The number of fused-ring (bicyclic) bond motifs is 1. The summed E-state index contributed by atoms with van der Waals surface area (Å²) in [6, 6.07) is 7.24. The molecule has 98 valence electrons. The summed E-state index contributed by atoms with van der Waals surface area (Å²) in [5.41, 5.74) is 1.34. The second-order valence-corrected chi connectivity index (χ2v) is 4.43. The molecule has 2 aromatic rings. The van der Waals surface area contributed by atoms with Crippen LogP contribution in [0.2, 0.25) is 5.02 Å². The third-order valence-electron chi connectivity index (χ3n) is 2.52. The van der Waals surface area contributed by atoms with Crippen molar-refractivity contribution in [3.05, 3.63) is 48.1 Å². The summed E-state index contributed by atoms with van der Waals surface area (Å²) < 4.78 is 0. The molecule has 0 fully saturated rings. The van der Waals surface area contributed by atoms with E-state index in [1.807, 2.05) is 18.2 Å². The molecule has 1 aromatic heterocycles. The van der Waals surface area contributed by atoms with Crippen LogP contribution in [0.4, 0.5) is 5.69 Å². The van der Waals surface area contributed by atoms with E-state index in [9.17, 15) is 4.79 Å². The number of carbonyl (C=O) groups excluding carboxylic acids is 1. The van der Waals surface area contributed by atoms with Gasteiger partial charge in [0.05, 0.1) is 17.7 Å². The van der Waals surface area contributed by atoms with Crippen molar-refractivity contribution in [3.8, 4) is 0 Å². The number of anilines is 1. The number of benzene rings is 1. The molecule has 0 aliphatic carbocycles. The first kappa shape index (κ1) is 13.5. The van der Waals surface area contributed by atoms with Gasteiger partial charge < -0.3 is 10.6 Å². The van der Waals surface area contributed by atoms with Crippen LogP contribution in [-0.2, 0) is 4.79 Å². The number of halogens is 1. The van der Waals surface area contributed by atoms with Gasteiger partial charge in [0.25, 0.3) is 0 Å². The van der Waals surface area contributed by atoms with Crippen molar-refractivity contribution < 1.29 is 4.79 Å². The molecule has 0 spiro atoms. The second-order valence-electron chi connectivity index (χ2n) is 4.00. The van der Waals surface area contributed by atoms with Gasteiger partial charge in [0.1, 0.15) is 0 Å². The molecule has 0 saturated carbocycles. The van der Waals surface area contributed by atoms with Crippen LogP contribution in [0.5, 0.6) is 0 Å². The topological polar surface area (TPSA) is 54.0 Å². The Morgan fingerprint density at radius 3 is 3.11 bits per heavy atom. The molecule has 4 nitrogen and oxygen atoms in total. The summed E-state index contributed by atoms with van der Waals surface area (Å²) in [6.07, 6.45) is 3.38. The third-order valence-corrected chi connectivity index (χ3v) is 2.74. The van der Waals surface area contributed by atoms with Crippen LogP contribution in [0.25, 0.3) is 10.9 Å². The Morgan fingerprint density at radius 2 is 2.32 bits per heavy atom. The molecule has 0 saturated heterocycles. The lowest BCUT2D eigenvalue weighted by atomic mass is 10.2. The lowest BCUT2D eigenvalue weighted by Crippen LogP contribution is -2.28. The Balaban J connectivity index is 2.20. The molecule has 0 aliphatic rings. The van der Waals surface area contributed by atoms with Gasteiger partial charge in [-0.05, 0) is 18.2 Å². The van der Waals surface area contributed by atoms with Gasteiger partial charge in [0.2, 0.25) is 5.91 Å². The molecule has 0 aliphatic heterocycles. The number of amides is 1. The maximum atomic E-state index is 11.8. The third kappa shape index (κ3) is 3.53. The molecule has 19 heavy (non-hydrogen) atoms. The quantitative estimate of drug-likeness (QED) is 0.651. The average Bonchev–Trinajstić information content (AvgIpc) is 2.39. The minimum atomic E-state index is -0.143. The molecule has 1 amide bonds. The van der Waals surface area contributed by atoms with E-state index in [-0.39, 0.29) is 12.5 Å². The Bertz CT molecular complexity index is 613. The summed E-state index contributed by atoms with van der Waals surface area (Å²) in [5.74, 6) is -0.143. The number of rotatable bonds is 5. The molecular formula is C14H14ClN3O. The van der Waals surface area contributed by atoms with Gasteiger partial charge in [-0.2, -0.15) is 0 Å². The van der Waals surface area contributed by atoms with Crippen LogP contribution in [0.1, 0.15) is 0 Å². The summed E-state index contributed by atoms with van der Waals surface area (Å²) in [7, 11) is 0. The van der Waals surface area contributed by atoms with Gasteiger partial charge in [-0.15, -0.1) is 6.58 Å². The van der Waals surface area contributed by atoms with Crippen molar-refractivity contribution >= 4 is 34.1 Å². The summed E-state index contributed by atoms with van der Waals surface area (Å²) >= 11 is 6.03. The van der Waals surface area contributed by atoms with E-state index in [1.165, 1.54) is 0 Å². The van der Waals surface area contributed by atoms with Crippen molar-refractivity contribution in [1.82, 2.24) is 10.3 Å². The molecule has 5 heteroatoms. The first-order valence-corrected chi connectivity index (χ1v) is 6.24. The van der Waals surface area contributed by atoms with Crippen molar-refractivity contribution in [2.24, 2.45) is 0 Å². The highest BCUT2D eigenvalue weighted by Gasteiger charge is 2.07. The Morgan fingerprint density at radius 1 is 1.47 bits per heavy atom. The maximum Gasteiger partial charge on any atom is 0.238 e. The van der Waals surface area contributed by atoms with E-state index >= 15 is 0 Å². The zero-order chi connectivity index (χ0) is 13.7. The van der Waals surface area contributed by atoms with Gasteiger partial charge in [-0.1, -0.05) is 23.7 Å². The first-order valence-electron chi connectivity index (χ1n) is 5.86. The molecule has 0 unspecified atom stereocenters. The monoisotopic (exact) mass is 275 g/mol. The summed E-state index contributed by atoms with van der Waals surface area (Å²) in [5, 5.41) is 7.19. The molecule has 1 aromatic carbocycles. The Hall–Kier alpha value is -1.91. The summed E-state index contributed by atoms with van der Waals surface area (Å²) in [4.78, 5) is 16.0. The lowest BCUT2D eigenvalue weighted by molar-refractivity contribution is -0.115. The van der Waals surface area contributed by atoms with Crippen molar-refractivity contribution in [2.75, 3.05) is 18.4 Å². The van der Waals surface area contributed by atoms with Crippen LogP contribution < -0.4 is 10.6 Å². The van der Waals surface area contributed by atoms with Crippen molar-refractivity contribution in [3.63, 3.8) is 0 Å². The van der Waals surface area contributed by atoms with E-state index in [1.54, 1.807) is 18.3 Å². The molecular weight excluding hydrogens is 262 g/mol. The zero-order valence-electron chi connectivity index (χ0n) is 10.3. The van der Waals surface area contributed by atoms with Crippen LogP contribution in [0.15, 0.2) is 43.1 Å². The van der Waals surface area contributed by atoms with E-state index in [0.29, 0.717) is 17.3 Å². The van der Waals surface area contributed by atoms with Gasteiger partial charge in [0.15, 0.2) is 0 Å². The van der Waals surface area contributed by atoms with Crippen LogP contribution in [0, 0.1) is 0 Å². The first-order chi connectivity index (χ1) is 9.20. The molecule has 0 radical (unpaired) electrons. The highest BCUT2D eigenvalue weighted by atomic mass is 35.5. The number of hydrogen-bond donors (Lipinski definition) is 2. The zero-order valence-corrected chi connectivity index (χ0v) is 11.1. The normalized spacial score (nSPS) is 10.4. The predicted molar refractivity (Wildman–Crippen MR) is 78.4 cm³/mol. The fourth-order valence-corrected chi connectivity index (χ4v) is 1.96. The molecule has 2 rings (SSSR count). The highest BCUT2D eigenvalue weighted by Crippen LogP contribution is 2.26. The van der Waals surface area contributed by atoms with E-state index in [0.717, 1.165) is 10.9 Å². The van der Waals surface area contributed by atoms with Crippen LogP contribution in [-0.4, -0.2) is 24.0 Å². The molecule has 1 heterocycles. The number of nitrogens with zero attached hydrogens (tertiary/aromatic N) is 1. The second kappa shape index (κ2) is 6.31. The van der Waals surface area contributed by atoms with Gasteiger partial charge in [-0.25, -0.2) is 0 Å². The highest BCUT2D eigenvalue weighted by molar-refractivity contribution is 6.32. The number of nitrogens with one attached hydrogen (secondary N) is 2. The standard InChI is InChI=1S/C14H14ClN3O/c1-2-5-16-9-13(19)18-12-8-11(15)7-10-4-3-6-17-14(10)12/h2-4,6-8,16H,1,5,9H2,(H,18,19). The van der Waals surface area contributed by atoms with E-state index in [2.05, 4.69) is 22.2 Å². The fraction of sp³-hybridized carbons (Fsp3) is 0.143. The largest absolute Gasteiger partial charge is 0.323 e. The number of hydrogen-bond acceptors (Lipinski definition) is 3. The maximum absolute atomic E-state index is 11.8. The van der Waals surface area contributed by atoms with E-state index < -0.39 is 0 Å². The number of aromatic nitrogens is 1. The molecule has 2 N–H and O–H groups in total. The van der Waals surface area contributed by atoms with Gasteiger partial charge in [0, 0.05) is 23.2 Å². The Kier molecular flexibility index (Phi) is 4.49.